The van der Waals surface area contributed by atoms with Crippen molar-refractivity contribution in [2.45, 2.75) is 25.8 Å². The fourth-order valence-corrected chi connectivity index (χ4v) is 1.53. The Hall–Kier alpha value is -1.07. The van der Waals surface area contributed by atoms with Gasteiger partial charge in [0.1, 0.15) is 12.4 Å². The second-order valence-electron chi connectivity index (χ2n) is 3.92. The number of hydrogen-bond acceptors (Lipinski definition) is 2. The number of rotatable bonds is 6. The summed E-state index contributed by atoms with van der Waals surface area (Å²) >= 11 is 0. The molecule has 0 fully saturated rings. The molecular weight excluding hydrogens is 231 g/mol. The first kappa shape index (κ1) is 14.0. The van der Waals surface area contributed by atoms with E-state index in [9.17, 15) is 13.2 Å². The highest BCUT2D eigenvalue weighted by molar-refractivity contribution is 5.25. The minimum Gasteiger partial charge on any atom is -0.375 e. The SMILES string of the molecule is Cc1cc(F)cc(C(N)CCOCC(F)F)c1. The van der Waals surface area contributed by atoms with Crippen molar-refractivity contribution < 1.29 is 17.9 Å². The molecule has 2 N–H and O–H groups in total. The van der Waals surface area contributed by atoms with Gasteiger partial charge in [-0.15, -0.1) is 0 Å². The third-order valence-corrected chi connectivity index (χ3v) is 2.31. The van der Waals surface area contributed by atoms with Crippen molar-refractivity contribution in [3.05, 3.63) is 35.1 Å². The van der Waals surface area contributed by atoms with Gasteiger partial charge in [-0.3, -0.25) is 0 Å². The molecule has 5 heteroatoms. The molecule has 1 aromatic rings. The molecule has 0 spiro atoms. The summed E-state index contributed by atoms with van der Waals surface area (Å²) in [6.07, 6.45) is -2.09. The van der Waals surface area contributed by atoms with E-state index >= 15 is 0 Å². The lowest BCUT2D eigenvalue weighted by Gasteiger charge is -2.13. The maximum absolute atomic E-state index is 13.1. The van der Waals surface area contributed by atoms with E-state index in [1.54, 1.807) is 13.0 Å². The Labute approximate surface area is 98.6 Å². The Bertz CT molecular complexity index is 337. The van der Waals surface area contributed by atoms with Crippen molar-refractivity contribution in [1.82, 2.24) is 0 Å². The molecule has 96 valence electrons. The zero-order valence-corrected chi connectivity index (χ0v) is 9.63. The monoisotopic (exact) mass is 247 g/mol. The van der Waals surface area contributed by atoms with Crippen molar-refractivity contribution in [1.29, 1.82) is 0 Å². The molecule has 0 aliphatic heterocycles. The Morgan fingerprint density at radius 1 is 1.29 bits per heavy atom. The van der Waals surface area contributed by atoms with E-state index in [1.807, 2.05) is 0 Å². The number of benzene rings is 1. The van der Waals surface area contributed by atoms with Gasteiger partial charge in [0.2, 0.25) is 0 Å². The summed E-state index contributed by atoms with van der Waals surface area (Å²) in [7, 11) is 0. The van der Waals surface area contributed by atoms with Gasteiger partial charge < -0.3 is 10.5 Å². The summed E-state index contributed by atoms with van der Waals surface area (Å²) in [5, 5.41) is 0. The number of ether oxygens (including phenoxy) is 1. The van der Waals surface area contributed by atoms with Crippen molar-refractivity contribution in [2.75, 3.05) is 13.2 Å². The molecule has 1 unspecified atom stereocenters. The highest BCUT2D eigenvalue weighted by Crippen LogP contribution is 2.17. The van der Waals surface area contributed by atoms with Crippen molar-refractivity contribution >= 4 is 0 Å². The molecule has 0 radical (unpaired) electrons. The van der Waals surface area contributed by atoms with Crippen LogP contribution in [0.15, 0.2) is 18.2 Å². The molecule has 17 heavy (non-hydrogen) atoms. The molecule has 0 aliphatic carbocycles. The van der Waals surface area contributed by atoms with Gasteiger partial charge in [-0.25, -0.2) is 13.2 Å². The third-order valence-electron chi connectivity index (χ3n) is 2.31. The van der Waals surface area contributed by atoms with Crippen molar-refractivity contribution in [2.24, 2.45) is 5.73 Å². The molecule has 0 heterocycles. The molecule has 0 amide bonds. The lowest BCUT2D eigenvalue weighted by atomic mass is 10.0. The van der Waals surface area contributed by atoms with E-state index in [0.29, 0.717) is 12.0 Å². The Morgan fingerprint density at radius 3 is 2.59 bits per heavy atom. The largest absolute Gasteiger partial charge is 0.375 e. The fraction of sp³-hybridized carbons (Fsp3) is 0.500. The maximum Gasteiger partial charge on any atom is 0.261 e. The highest BCUT2D eigenvalue weighted by Gasteiger charge is 2.09. The fourth-order valence-electron chi connectivity index (χ4n) is 1.53. The predicted molar refractivity (Wildman–Crippen MR) is 59.5 cm³/mol. The lowest BCUT2D eigenvalue weighted by molar-refractivity contribution is 0.0152. The zero-order valence-electron chi connectivity index (χ0n) is 9.63. The quantitative estimate of drug-likeness (QED) is 0.784. The van der Waals surface area contributed by atoms with E-state index in [4.69, 9.17) is 10.5 Å². The van der Waals surface area contributed by atoms with Crippen LogP contribution in [0.3, 0.4) is 0 Å². The number of halogens is 3. The lowest BCUT2D eigenvalue weighted by Crippen LogP contribution is -2.15. The first-order valence-corrected chi connectivity index (χ1v) is 5.37. The molecule has 1 atom stereocenters. The van der Waals surface area contributed by atoms with E-state index in [-0.39, 0.29) is 12.4 Å². The average Bonchev–Trinajstić information content (AvgIpc) is 2.22. The Balaban J connectivity index is 2.43. The molecule has 1 rings (SSSR count). The summed E-state index contributed by atoms with van der Waals surface area (Å²) in [5.41, 5.74) is 7.25. The van der Waals surface area contributed by atoms with Gasteiger partial charge in [0, 0.05) is 12.6 Å². The van der Waals surface area contributed by atoms with Crippen LogP contribution in [-0.4, -0.2) is 19.6 Å². The van der Waals surface area contributed by atoms with Gasteiger partial charge in [0.05, 0.1) is 0 Å². The van der Waals surface area contributed by atoms with Crippen molar-refractivity contribution in [3.63, 3.8) is 0 Å². The van der Waals surface area contributed by atoms with Crippen LogP contribution in [0.5, 0.6) is 0 Å². The summed E-state index contributed by atoms with van der Waals surface area (Å²) in [6.45, 7) is 1.32. The van der Waals surface area contributed by atoms with E-state index in [0.717, 1.165) is 5.56 Å². The Kier molecular flexibility index (Phi) is 5.44. The molecule has 0 saturated carbocycles. The molecule has 0 aromatic heterocycles. The standard InChI is InChI=1S/C12H16F3NO/c1-8-4-9(6-10(13)5-8)11(16)2-3-17-7-12(14)15/h4-6,11-12H,2-3,7,16H2,1H3. The predicted octanol–water partition coefficient (Wildman–Crippen LogP) is 2.81. The van der Waals surface area contributed by atoms with Crippen molar-refractivity contribution in [3.8, 4) is 0 Å². The first-order chi connectivity index (χ1) is 7.99. The van der Waals surface area contributed by atoms with Gasteiger partial charge >= 0.3 is 0 Å². The van der Waals surface area contributed by atoms with Crippen LogP contribution in [0.4, 0.5) is 13.2 Å². The summed E-state index contributed by atoms with van der Waals surface area (Å²) in [5.74, 6) is -0.344. The minimum atomic E-state index is -2.47. The normalized spacial score (nSPS) is 13.1. The van der Waals surface area contributed by atoms with E-state index in [1.165, 1.54) is 12.1 Å². The third kappa shape index (κ3) is 5.19. The van der Waals surface area contributed by atoms with Crippen LogP contribution in [0.25, 0.3) is 0 Å². The second kappa shape index (κ2) is 6.61. The summed E-state index contributed by atoms with van der Waals surface area (Å²) in [6, 6.07) is 4.14. The summed E-state index contributed by atoms with van der Waals surface area (Å²) < 4.78 is 41.4. The van der Waals surface area contributed by atoms with Gasteiger partial charge in [0.25, 0.3) is 6.43 Å². The molecule has 0 aliphatic rings. The minimum absolute atomic E-state index is 0.140. The van der Waals surface area contributed by atoms with Crippen LogP contribution < -0.4 is 5.73 Å². The smallest absolute Gasteiger partial charge is 0.261 e. The molecule has 0 saturated heterocycles. The van der Waals surface area contributed by atoms with E-state index in [2.05, 4.69) is 0 Å². The van der Waals surface area contributed by atoms with Gasteiger partial charge in [-0.2, -0.15) is 0 Å². The zero-order chi connectivity index (χ0) is 12.8. The number of nitrogens with two attached hydrogens (primary N) is 1. The highest BCUT2D eigenvalue weighted by atomic mass is 19.3. The van der Waals surface area contributed by atoms with Crippen LogP contribution in [-0.2, 0) is 4.74 Å². The molecule has 1 aromatic carbocycles. The first-order valence-electron chi connectivity index (χ1n) is 5.37. The maximum atomic E-state index is 13.1. The topological polar surface area (TPSA) is 35.2 Å². The van der Waals surface area contributed by atoms with E-state index < -0.39 is 19.1 Å². The van der Waals surface area contributed by atoms with Gasteiger partial charge in [-0.1, -0.05) is 6.07 Å². The summed E-state index contributed by atoms with van der Waals surface area (Å²) in [4.78, 5) is 0. The van der Waals surface area contributed by atoms with Crippen LogP contribution in [0.2, 0.25) is 0 Å². The number of alkyl halides is 2. The molecular formula is C12H16F3NO. The average molecular weight is 247 g/mol. The van der Waals surface area contributed by atoms with Crippen LogP contribution in [0.1, 0.15) is 23.6 Å². The van der Waals surface area contributed by atoms with Gasteiger partial charge in [-0.05, 0) is 36.6 Å². The van der Waals surface area contributed by atoms with Crippen LogP contribution >= 0.6 is 0 Å². The molecule has 2 nitrogen and oxygen atoms in total. The molecule has 0 bridgehead atoms. The number of hydrogen-bond donors (Lipinski definition) is 1. The number of aryl methyl sites for hydroxylation is 1. The van der Waals surface area contributed by atoms with Gasteiger partial charge in [0.15, 0.2) is 0 Å². The Morgan fingerprint density at radius 2 is 2.00 bits per heavy atom. The second-order valence-corrected chi connectivity index (χ2v) is 3.92. The van der Waals surface area contributed by atoms with Crippen LogP contribution in [0, 0.1) is 12.7 Å².